The minimum atomic E-state index is 0.595. The molecule has 5 heteroatoms. The molecule has 0 aliphatic rings. The van der Waals surface area contributed by atoms with Crippen LogP contribution in [0, 0.1) is 0 Å². The molecule has 25 heavy (non-hydrogen) atoms. The van der Waals surface area contributed by atoms with Crippen molar-refractivity contribution >= 4 is 28.4 Å². The van der Waals surface area contributed by atoms with E-state index >= 15 is 0 Å². The second-order valence-corrected chi connectivity index (χ2v) is 6.36. The summed E-state index contributed by atoms with van der Waals surface area (Å²) < 4.78 is 7.55. The molecule has 0 bridgehead atoms. The third-order valence-electron chi connectivity index (χ3n) is 4.06. The lowest BCUT2D eigenvalue weighted by atomic mass is 10.0. The van der Waals surface area contributed by atoms with Crippen LogP contribution in [0.15, 0.2) is 60.1 Å². The van der Waals surface area contributed by atoms with Gasteiger partial charge < -0.3 is 4.74 Å². The molecule has 2 aromatic carbocycles. The highest BCUT2D eigenvalue weighted by Crippen LogP contribution is 2.35. The molecule has 0 unspecified atom stereocenters. The van der Waals surface area contributed by atoms with E-state index in [2.05, 4.69) is 12.1 Å². The van der Waals surface area contributed by atoms with Gasteiger partial charge in [-0.15, -0.1) is 11.3 Å². The molecule has 2 heterocycles. The summed E-state index contributed by atoms with van der Waals surface area (Å²) in [5.74, 6) is 0.881. The number of benzene rings is 2. The van der Waals surface area contributed by atoms with Crippen LogP contribution >= 0.6 is 11.3 Å². The lowest BCUT2D eigenvalue weighted by molar-refractivity contribution is 0.111. The third-order valence-corrected chi connectivity index (χ3v) is 4.90. The summed E-state index contributed by atoms with van der Waals surface area (Å²) in [6, 6.07) is 15.8. The highest BCUT2D eigenvalue weighted by Gasteiger charge is 2.13. The number of hydrogen-bond donors (Lipinski definition) is 0. The number of nitrogens with zero attached hydrogens (tertiary/aromatic N) is 2. The van der Waals surface area contributed by atoms with Crippen molar-refractivity contribution in [1.29, 1.82) is 0 Å². The molecule has 0 aliphatic heterocycles. The van der Waals surface area contributed by atoms with E-state index in [9.17, 15) is 4.79 Å². The molecule has 0 amide bonds. The standard InChI is InChI=1S/C20H16N2O2S/c1-2-24-19-10-9-16(15-7-3-4-8-17(15)19)18-13-25-20(21-18)22-11-5-6-14(22)12-23/h3-13H,2H2,1H3. The molecule has 0 N–H and O–H groups in total. The van der Waals surface area contributed by atoms with Crippen molar-refractivity contribution in [3.05, 3.63) is 65.8 Å². The first-order valence-corrected chi connectivity index (χ1v) is 8.93. The van der Waals surface area contributed by atoms with Gasteiger partial charge >= 0.3 is 0 Å². The second kappa shape index (κ2) is 6.53. The molecular formula is C20H16N2O2S. The van der Waals surface area contributed by atoms with Gasteiger partial charge in [-0.25, -0.2) is 4.98 Å². The van der Waals surface area contributed by atoms with Gasteiger partial charge in [-0.1, -0.05) is 24.3 Å². The van der Waals surface area contributed by atoms with Crippen molar-refractivity contribution in [3.8, 4) is 22.1 Å². The quantitative estimate of drug-likeness (QED) is 0.479. The number of fused-ring (bicyclic) bond motifs is 1. The van der Waals surface area contributed by atoms with Crippen LogP contribution in [0.5, 0.6) is 5.75 Å². The Balaban J connectivity index is 1.83. The van der Waals surface area contributed by atoms with Crippen LogP contribution < -0.4 is 4.74 Å². The zero-order chi connectivity index (χ0) is 17.2. The van der Waals surface area contributed by atoms with Crippen LogP contribution in [0.4, 0.5) is 0 Å². The second-order valence-electron chi connectivity index (χ2n) is 5.53. The van der Waals surface area contributed by atoms with Crippen molar-refractivity contribution in [2.45, 2.75) is 6.92 Å². The highest BCUT2D eigenvalue weighted by molar-refractivity contribution is 7.12. The Kier molecular flexibility index (Phi) is 4.07. The van der Waals surface area contributed by atoms with Crippen molar-refractivity contribution in [3.63, 3.8) is 0 Å². The smallest absolute Gasteiger partial charge is 0.194 e. The Bertz CT molecular complexity index is 1050. The summed E-state index contributed by atoms with van der Waals surface area (Å²) in [5, 5.41) is 4.98. The highest BCUT2D eigenvalue weighted by atomic mass is 32.1. The number of aromatic nitrogens is 2. The zero-order valence-corrected chi connectivity index (χ0v) is 14.5. The van der Waals surface area contributed by atoms with Gasteiger partial charge in [0.15, 0.2) is 11.4 Å². The summed E-state index contributed by atoms with van der Waals surface area (Å²) >= 11 is 1.52. The van der Waals surface area contributed by atoms with Crippen LogP contribution in [0.2, 0.25) is 0 Å². The number of aldehydes is 1. The Labute approximate surface area is 149 Å². The fourth-order valence-corrected chi connectivity index (χ4v) is 3.77. The van der Waals surface area contributed by atoms with E-state index < -0.39 is 0 Å². The number of ether oxygens (including phenoxy) is 1. The molecule has 124 valence electrons. The molecule has 0 spiro atoms. The molecule has 2 aromatic heterocycles. The van der Waals surface area contributed by atoms with E-state index in [0.29, 0.717) is 12.3 Å². The maximum absolute atomic E-state index is 11.2. The summed E-state index contributed by atoms with van der Waals surface area (Å²) in [5.41, 5.74) is 2.55. The summed E-state index contributed by atoms with van der Waals surface area (Å²) in [4.78, 5) is 15.9. The van der Waals surface area contributed by atoms with Gasteiger partial charge in [-0.05, 0) is 36.6 Å². The number of thiazole rings is 1. The fourth-order valence-electron chi connectivity index (χ4n) is 2.94. The number of carbonyl (C=O) groups excluding carboxylic acids is 1. The molecule has 4 aromatic rings. The molecular weight excluding hydrogens is 332 g/mol. The van der Waals surface area contributed by atoms with Gasteiger partial charge in [0.05, 0.1) is 18.0 Å². The van der Waals surface area contributed by atoms with Crippen molar-refractivity contribution in [2.75, 3.05) is 6.61 Å². The van der Waals surface area contributed by atoms with Gasteiger partial charge in [-0.2, -0.15) is 0 Å². The molecule has 0 saturated heterocycles. The number of hydrogen-bond acceptors (Lipinski definition) is 4. The first-order valence-electron chi connectivity index (χ1n) is 8.05. The first-order chi connectivity index (χ1) is 12.3. The van der Waals surface area contributed by atoms with Gasteiger partial charge in [-0.3, -0.25) is 9.36 Å². The predicted octanol–water partition coefficient (Wildman–Crippen LogP) is 4.97. The topological polar surface area (TPSA) is 44.1 Å². The maximum Gasteiger partial charge on any atom is 0.194 e. The average Bonchev–Trinajstić information content (AvgIpc) is 3.31. The SMILES string of the molecule is CCOc1ccc(-c2csc(-n3cccc3C=O)n2)c2ccccc12. The maximum atomic E-state index is 11.2. The molecule has 0 aliphatic carbocycles. The van der Waals surface area contributed by atoms with Gasteiger partial charge in [0.2, 0.25) is 0 Å². The molecule has 4 nitrogen and oxygen atoms in total. The predicted molar refractivity (Wildman–Crippen MR) is 101 cm³/mol. The number of rotatable bonds is 5. The summed E-state index contributed by atoms with van der Waals surface area (Å²) in [6.45, 7) is 2.61. The fraction of sp³-hybridized carbons (Fsp3) is 0.100. The van der Waals surface area contributed by atoms with Crippen LogP contribution in [0.25, 0.3) is 27.2 Å². The zero-order valence-electron chi connectivity index (χ0n) is 13.7. The molecule has 0 saturated carbocycles. The molecule has 0 fully saturated rings. The normalized spacial score (nSPS) is 10.9. The van der Waals surface area contributed by atoms with Crippen molar-refractivity contribution in [2.24, 2.45) is 0 Å². The minimum absolute atomic E-state index is 0.595. The van der Waals surface area contributed by atoms with Crippen LogP contribution in [-0.2, 0) is 0 Å². The Morgan fingerprint density at radius 1 is 1.12 bits per heavy atom. The van der Waals surface area contributed by atoms with Gasteiger partial charge in [0.1, 0.15) is 5.75 Å². The van der Waals surface area contributed by atoms with E-state index in [0.717, 1.165) is 39.2 Å². The average molecular weight is 348 g/mol. The lowest BCUT2D eigenvalue weighted by Crippen LogP contribution is -1.97. The van der Waals surface area contributed by atoms with Crippen molar-refractivity contribution < 1.29 is 9.53 Å². The largest absolute Gasteiger partial charge is 0.493 e. The lowest BCUT2D eigenvalue weighted by Gasteiger charge is -2.10. The van der Waals surface area contributed by atoms with Crippen LogP contribution in [-0.4, -0.2) is 22.4 Å². The van der Waals surface area contributed by atoms with E-state index in [-0.39, 0.29) is 0 Å². The summed E-state index contributed by atoms with van der Waals surface area (Å²) in [6.07, 6.45) is 2.69. The number of carbonyl (C=O) groups is 1. The Hall–Kier alpha value is -2.92. The molecule has 0 radical (unpaired) electrons. The monoisotopic (exact) mass is 348 g/mol. The van der Waals surface area contributed by atoms with E-state index in [1.807, 2.05) is 48.8 Å². The molecule has 0 atom stereocenters. The molecule has 4 rings (SSSR count). The van der Waals surface area contributed by atoms with Crippen LogP contribution in [0.1, 0.15) is 17.4 Å². The Morgan fingerprint density at radius 2 is 1.96 bits per heavy atom. The third kappa shape index (κ3) is 2.72. The first kappa shape index (κ1) is 15.6. The Morgan fingerprint density at radius 3 is 2.76 bits per heavy atom. The van der Waals surface area contributed by atoms with Gasteiger partial charge in [0.25, 0.3) is 0 Å². The minimum Gasteiger partial charge on any atom is -0.493 e. The van der Waals surface area contributed by atoms with E-state index in [1.165, 1.54) is 11.3 Å². The van der Waals surface area contributed by atoms with Crippen LogP contribution in [0.3, 0.4) is 0 Å². The van der Waals surface area contributed by atoms with Crippen molar-refractivity contribution in [1.82, 2.24) is 9.55 Å². The van der Waals surface area contributed by atoms with E-state index in [4.69, 9.17) is 9.72 Å². The van der Waals surface area contributed by atoms with Gasteiger partial charge in [0, 0.05) is 22.5 Å². The van der Waals surface area contributed by atoms with E-state index in [1.54, 1.807) is 10.6 Å². The summed E-state index contributed by atoms with van der Waals surface area (Å²) in [7, 11) is 0.